The SMILES string of the molecule is O=S(=O)(Cc1nccs1)c1cc2c(cc1F)[C@@H](N1CC[C@@H](C(F)(F)F)C[C@H]1c1ccc(F)c(F)c1)CCO2.O=S(=O)(Cc1nccs1)c1cc2c(cc1F)[C@H](N1CC[C@@H](C(F)(F)F)C[C@H]1c1ccc(F)c(F)c1)CCO2. The number of rotatable bonds is 10. The topological polar surface area (TPSA) is 119 Å². The predicted molar refractivity (Wildman–Crippen MR) is 254 cm³/mol. The molecule has 76 heavy (non-hydrogen) atoms. The van der Waals surface area contributed by atoms with Crippen molar-refractivity contribution in [2.24, 2.45) is 11.8 Å². The second-order valence-corrected chi connectivity index (χ2v) is 24.6. The van der Waals surface area contributed by atoms with Crippen LogP contribution >= 0.6 is 22.7 Å². The van der Waals surface area contributed by atoms with Gasteiger partial charge in [-0.2, -0.15) is 26.3 Å². The fourth-order valence-corrected chi connectivity index (χ4v) is 15.1. The molecule has 2 fully saturated rings. The van der Waals surface area contributed by atoms with Crippen LogP contribution in [-0.2, 0) is 31.2 Å². The lowest BCUT2D eigenvalue weighted by molar-refractivity contribution is -0.193. The highest BCUT2D eigenvalue weighted by atomic mass is 32.2. The number of sulfone groups is 2. The van der Waals surface area contributed by atoms with E-state index in [4.69, 9.17) is 9.47 Å². The van der Waals surface area contributed by atoms with Crippen molar-refractivity contribution in [3.8, 4) is 11.5 Å². The zero-order valence-corrected chi connectivity index (χ0v) is 42.7. The van der Waals surface area contributed by atoms with Gasteiger partial charge >= 0.3 is 12.4 Å². The van der Waals surface area contributed by atoms with Crippen molar-refractivity contribution in [2.75, 3.05) is 26.3 Å². The predicted octanol–water partition coefficient (Wildman–Crippen LogP) is 12.7. The van der Waals surface area contributed by atoms with E-state index >= 15 is 8.78 Å². The van der Waals surface area contributed by atoms with E-state index in [2.05, 4.69) is 9.97 Å². The highest BCUT2D eigenvalue weighted by Crippen LogP contribution is 2.51. The first kappa shape index (κ1) is 55.5. The van der Waals surface area contributed by atoms with Gasteiger partial charge in [0.05, 0.1) is 25.0 Å². The molecule has 2 saturated heterocycles. The maximum absolute atomic E-state index is 15.3. The second-order valence-electron chi connectivity index (χ2n) is 18.7. The molecule has 408 valence electrons. The Kier molecular flexibility index (Phi) is 16.0. The van der Waals surface area contributed by atoms with Crippen LogP contribution in [-0.4, -0.2) is 75.3 Å². The van der Waals surface area contributed by atoms with E-state index < -0.39 is 124 Å². The van der Waals surface area contributed by atoms with Gasteiger partial charge in [-0.05, 0) is 86.3 Å². The van der Waals surface area contributed by atoms with Crippen LogP contribution in [0.1, 0.15) is 95.0 Å². The minimum atomic E-state index is -4.47. The van der Waals surface area contributed by atoms with Crippen LogP contribution in [0.5, 0.6) is 11.5 Å². The molecule has 6 atom stereocenters. The number of nitrogens with zero attached hydrogens (tertiary/aromatic N) is 4. The normalized spacial score (nSPS) is 22.6. The molecule has 6 heterocycles. The number of likely N-dealkylation sites (tertiary alicyclic amines) is 2. The average Bonchev–Trinajstić information content (AvgIpc) is 4.09. The van der Waals surface area contributed by atoms with Crippen LogP contribution in [0.4, 0.5) is 52.7 Å². The molecular formula is C50H44F12N4O6S4. The molecule has 4 aromatic carbocycles. The summed E-state index contributed by atoms with van der Waals surface area (Å²) in [5.74, 6) is -10.7. The molecule has 10 rings (SSSR count). The van der Waals surface area contributed by atoms with Crippen molar-refractivity contribution in [1.29, 1.82) is 0 Å². The van der Waals surface area contributed by atoms with Gasteiger partial charge < -0.3 is 9.47 Å². The number of fused-ring (bicyclic) bond motifs is 2. The maximum atomic E-state index is 15.3. The first-order valence-electron chi connectivity index (χ1n) is 23.6. The second kappa shape index (κ2) is 21.9. The summed E-state index contributed by atoms with van der Waals surface area (Å²) in [6, 6.07) is 7.22. The standard InChI is InChI=1S/2C25H22F6N2O3S2/c2*26-17-2-1-14(9-18(17)27)21-10-15(25(29,30)31)3-6-33(21)20-4-7-36-22-12-23(19(28)11-16(20)22)38(34,35)13-24-32-5-8-37-24/h2*1-2,5,8-9,11-12,15,20-21H,3-4,6-7,10,13H2/t15-,20+,21+;15-,20-,21+/m11/s1. The van der Waals surface area contributed by atoms with Crippen molar-refractivity contribution in [2.45, 2.75) is 96.3 Å². The van der Waals surface area contributed by atoms with Crippen LogP contribution < -0.4 is 9.47 Å². The molecule has 0 unspecified atom stereocenters. The Morgan fingerprint density at radius 3 is 1.25 bits per heavy atom. The Morgan fingerprint density at radius 2 is 0.908 bits per heavy atom. The van der Waals surface area contributed by atoms with Gasteiger partial charge in [0.1, 0.15) is 54.4 Å². The van der Waals surface area contributed by atoms with E-state index in [0.29, 0.717) is 21.1 Å². The Labute approximate surface area is 436 Å². The Bertz CT molecular complexity index is 3080. The van der Waals surface area contributed by atoms with Crippen LogP contribution in [0.2, 0.25) is 0 Å². The molecule has 0 spiro atoms. The number of ether oxygens (including phenoxy) is 2. The number of hydrogen-bond acceptors (Lipinski definition) is 12. The maximum Gasteiger partial charge on any atom is 0.391 e. The van der Waals surface area contributed by atoms with Crippen LogP contribution in [0.3, 0.4) is 0 Å². The number of benzene rings is 4. The Hall–Kier alpha value is -5.28. The van der Waals surface area contributed by atoms with E-state index in [0.717, 1.165) is 71.2 Å². The van der Waals surface area contributed by atoms with Crippen molar-refractivity contribution in [3.63, 3.8) is 0 Å². The lowest BCUT2D eigenvalue weighted by Gasteiger charge is -2.46. The summed E-state index contributed by atoms with van der Waals surface area (Å²) in [5.41, 5.74) is 0.933. The monoisotopic (exact) mass is 1150 g/mol. The van der Waals surface area contributed by atoms with E-state index in [1.807, 2.05) is 0 Å². The van der Waals surface area contributed by atoms with Crippen LogP contribution in [0.25, 0.3) is 0 Å². The smallest absolute Gasteiger partial charge is 0.391 e. The van der Waals surface area contributed by atoms with E-state index in [9.17, 15) is 60.7 Å². The molecule has 4 aliphatic heterocycles. The minimum absolute atomic E-state index is 0.0380. The van der Waals surface area contributed by atoms with Crippen molar-refractivity contribution in [1.82, 2.24) is 19.8 Å². The number of halogens is 12. The summed E-state index contributed by atoms with van der Waals surface area (Å²) >= 11 is 2.24. The van der Waals surface area contributed by atoms with E-state index in [1.54, 1.807) is 20.6 Å². The molecule has 0 bridgehead atoms. The summed E-state index contributed by atoms with van der Waals surface area (Å²) in [7, 11) is -8.20. The van der Waals surface area contributed by atoms with Gasteiger partial charge in [0.2, 0.25) is 0 Å². The van der Waals surface area contributed by atoms with Gasteiger partial charge in [0.15, 0.2) is 42.9 Å². The van der Waals surface area contributed by atoms with Gasteiger partial charge in [-0.25, -0.2) is 53.1 Å². The van der Waals surface area contributed by atoms with Crippen molar-refractivity contribution >= 4 is 42.3 Å². The summed E-state index contributed by atoms with van der Waals surface area (Å²) < 4.78 is 231. The molecule has 0 radical (unpaired) electrons. The Balaban J connectivity index is 0.000000186. The summed E-state index contributed by atoms with van der Waals surface area (Å²) in [6.45, 7) is 0.144. The third-order valence-corrected chi connectivity index (χ3v) is 19.3. The van der Waals surface area contributed by atoms with Gasteiger partial charge in [-0.3, -0.25) is 9.80 Å². The van der Waals surface area contributed by atoms with Gasteiger partial charge in [0.25, 0.3) is 0 Å². The molecule has 26 heteroatoms. The lowest BCUT2D eigenvalue weighted by Crippen LogP contribution is -2.44. The lowest BCUT2D eigenvalue weighted by atomic mass is 9.84. The molecule has 10 nitrogen and oxygen atoms in total. The number of alkyl halides is 6. The minimum Gasteiger partial charge on any atom is -0.493 e. The summed E-state index contributed by atoms with van der Waals surface area (Å²) in [6.07, 6.45) is -6.70. The first-order valence-corrected chi connectivity index (χ1v) is 28.6. The van der Waals surface area contributed by atoms with Crippen LogP contribution in [0, 0.1) is 46.7 Å². The third-order valence-electron chi connectivity index (χ3n) is 14.1. The molecule has 6 aromatic rings. The van der Waals surface area contributed by atoms with E-state index in [1.165, 1.54) is 24.5 Å². The first-order chi connectivity index (χ1) is 35.9. The molecule has 0 amide bonds. The van der Waals surface area contributed by atoms with Crippen molar-refractivity contribution < 1.29 is 79.0 Å². The molecule has 0 aliphatic carbocycles. The number of piperidine rings is 2. The molecular weight excluding hydrogens is 1110 g/mol. The molecule has 4 aliphatic rings. The van der Waals surface area contributed by atoms with Gasteiger partial charge in [-0.15, -0.1) is 22.7 Å². The highest BCUT2D eigenvalue weighted by Gasteiger charge is 2.49. The zero-order chi connectivity index (χ0) is 54.5. The largest absolute Gasteiger partial charge is 0.493 e. The molecule has 0 saturated carbocycles. The average molecular weight is 1150 g/mol. The highest BCUT2D eigenvalue weighted by molar-refractivity contribution is 7.91. The Morgan fingerprint density at radius 1 is 0.513 bits per heavy atom. The molecule has 2 aromatic heterocycles. The summed E-state index contributed by atoms with van der Waals surface area (Å²) in [4.78, 5) is 10.2. The number of hydrogen-bond donors (Lipinski definition) is 0. The fourth-order valence-electron chi connectivity index (χ4n) is 10.4. The number of aromatic nitrogens is 2. The van der Waals surface area contributed by atoms with Crippen LogP contribution in [0.15, 0.2) is 93.6 Å². The van der Waals surface area contributed by atoms with E-state index in [-0.39, 0.29) is 87.5 Å². The third kappa shape index (κ3) is 11.9. The fraction of sp³-hybridized carbons (Fsp3) is 0.400. The zero-order valence-electron chi connectivity index (χ0n) is 39.4. The number of thiazole rings is 2. The summed E-state index contributed by atoms with van der Waals surface area (Å²) in [5, 5.41) is 3.80. The quantitative estimate of drug-likeness (QED) is 0.123. The van der Waals surface area contributed by atoms with Gasteiger partial charge in [-0.1, -0.05) is 12.1 Å². The molecule has 0 N–H and O–H groups in total. The van der Waals surface area contributed by atoms with Crippen molar-refractivity contribution in [3.05, 3.63) is 151 Å². The van der Waals surface area contributed by atoms with Gasteiger partial charge in [0, 0.05) is 83.4 Å².